The van der Waals surface area contributed by atoms with Crippen molar-refractivity contribution in [2.75, 3.05) is 27.2 Å². The Balaban J connectivity index is 1.78. The van der Waals surface area contributed by atoms with E-state index in [1.807, 2.05) is 7.05 Å². The van der Waals surface area contributed by atoms with Crippen molar-refractivity contribution >= 4 is 0 Å². The summed E-state index contributed by atoms with van der Waals surface area (Å²) in [6.07, 6.45) is 7.93. The highest BCUT2D eigenvalue weighted by Crippen LogP contribution is 2.45. The van der Waals surface area contributed by atoms with Crippen LogP contribution in [0.4, 0.5) is 0 Å². The second kappa shape index (κ2) is 6.94. The fourth-order valence-corrected chi connectivity index (χ4v) is 4.32. The molecule has 23 heavy (non-hydrogen) atoms. The lowest BCUT2D eigenvalue weighted by Crippen LogP contribution is -2.28. The van der Waals surface area contributed by atoms with Gasteiger partial charge in [0.25, 0.3) is 0 Å². The van der Waals surface area contributed by atoms with E-state index in [4.69, 9.17) is 5.10 Å². The molecule has 1 fully saturated rings. The molecule has 1 aromatic heterocycles. The highest BCUT2D eigenvalue weighted by molar-refractivity contribution is 5.32. The van der Waals surface area contributed by atoms with Crippen molar-refractivity contribution in [3.05, 3.63) is 17.0 Å². The van der Waals surface area contributed by atoms with Gasteiger partial charge in [0.15, 0.2) is 0 Å². The Kier molecular flexibility index (Phi) is 5.12. The molecule has 4 heteroatoms. The third kappa shape index (κ3) is 3.80. The van der Waals surface area contributed by atoms with Crippen LogP contribution in [0, 0.1) is 5.41 Å². The molecule has 0 radical (unpaired) electrons. The van der Waals surface area contributed by atoms with Crippen molar-refractivity contribution in [2.24, 2.45) is 5.41 Å². The standard InChI is InChI=1S/C19H34N4/c1-19(2)9-7-15(8-10-19)18-16(14-22(4)13-11-20-3)21-23-12-5-6-17(18)23/h15,20H,5-14H2,1-4H3. The highest BCUT2D eigenvalue weighted by Gasteiger charge is 2.33. The lowest BCUT2D eigenvalue weighted by Gasteiger charge is -2.35. The zero-order valence-corrected chi connectivity index (χ0v) is 15.5. The predicted octanol–water partition coefficient (Wildman–Crippen LogP) is 3.16. The van der Waals surface area contributed by atoms with Crippen LogP contribution in [0.15, 0.2) is 0 Å². The van der Waals surface area contributed by atoms with Crippen molar-refractivity contribution < 1.29 is 0 Å². The van der Waals surface area contributed by atoms with Gasteiger partial charge in [-0.2, -0.15) is 5.10 Å². The van der Waals surface area contributed by atoms with Gasteiger partial charge in [0.1, 0.15) is 0 Å². The monoisotopic (exact) mass is 318 g/mol. The number of nitrogens with one attached hydrogen (secondary N) is 1. The summed E-state index contributed by atoms with van der Waals surface area (Å²) in [5.41, 5.74) is 5.10. The Morgan fingerprint density at radius 3 is 2.74 bits per heavy atom. The van der Waals surface area contributed by atoms with Crippen molar-refractivity contribution in [3.63, 3.8) is 0 Å². The van der Waals surface area contributed by atoms with E-state index in [2.05, 4.69) is 35.8 Å². The summed E-state index contributed by atoms with van der Waals surface area (Å²) in [7, 11) is 4.24. The Morgan fingerprint density at radius 2 is 2.04 bits per heavy atom. The van der Waals surface area contributed by atoms with Gasteiger partial charge in [0.2, 0.25) is 0 Å². The number of likely N-dealkylation sites (N-methyl/N-ethyl adjacent to an activating group) is 2. The first kappa shape index (κ1) is 17.0. The van der Waals surface area contributed by atoms with E-state index >= 15 is 0 Å². The summed E-state index contributed by atoms with van der Waals surface area (Å²) in [6, 6.07) is 0. The van der Waals surface area contributed by atoms with Gasteiger partial charge in [-0.15, -0.1) is 0 Å². The van der Waals surface area contributed by atoms with Crippen LogP contribution in [-0.4, -0.2) is 41.9 Å². The number of rotatable bonds is 6. The molecular weight excluding hydrogens is 284 g/mol. The van der Waals surface area contributed by atoms with Gasteiger partial charge in [-0.25, -0.2) is 0 Å². The van der Waals surface area contributed by atoms with Gasteiger partial charge in [0, 0.05) is 37.4 Å². The number of hydrogen-bond acceptors (Lipinski definition) is 3. The van der Waals surface area contributed by atoms with Crippen LogP contribution in [0.1, 0.15) is 68.8 Å². The molecule has 0 atom stereocenters. The van der Waals surface area contributed by atoms with Gasteiger partial charge >= 0.3 is 0 Å². The van der Waals surface area contributed by atoms with E-state index in [1.54, 1.807) is 11.3 Å². The lowest BCUT2D eigenvalue weighted by atomic mass is 9.71. The normalized spacial score (nSPS) is 21.1. The van der Waals surface area contributed by atoms with Crippen LogP contribution < -0.4 is 5.32 Å². The average Bonchev–Trinajstić information content (AvgIpc) is 3.06. The SMILES string of the molecule is CNCCN(C)Cc1nn2c(c1C1CCC(C)(C)CC1)CCC2. The molecule has 130 valence electrons. The van der Waals surface area contributed by atoms with Gasteiger partial charge in [-0.3, -0.25) is 9.58 Å². The minimum absolute atomic E-state index is 0.538. The van der Waals surface area contributed by atoms with Crippen LogP contribution in [0.2, 0.25) is 0 Å². The van der Waals surface area contributed by atoms with Crippen molar-refractivity contribution in [1.82, 2.24) is 20.0 Å². The van der Waals surface area contributed by atoms with Gasteiger partial charge < -0.3 is 5.32 Å². The summed E-state index contributed by atoms with van der Waals surface area (Å²) >= 11 is 0. The molecule has 2 heterocycles. The van der Waals surface area contributed by atoms with E-state index in [0.717, 1.165) is 32.1 Å². The zero-order valence-electron chi connectivity index (χ0n) is 15.5. The maximum absolute atomic E-state index is 5.00. The molecule has 1 saturated carbocycles. The third-order valence-corrected chi connectivity index (χ3v) is 5.87. The molecule has 1 aromatic rings. The molecule has 2 aliphatic rings. The summed E-state index contributed by atoms with van der Waals surface area (Å²) in [5, 5.41) is 8.25. The Labute approximate surface area is 141 Å². The molecule has 1 aliphatic heterocycles. The van der Waals surface area contributed by atoms with E-state index in [0.29, 0.717) is 5.41 Å². The zero-order chi connectivity index (χ0) is 16.4. The summed E-state index contributed by atoms with van der Waals surface area (Å²) in [4.78, 5) is 2.41. The van der Waals surface area contributed by atoms with Crippen molar-refractivity contribution in [1.29, 1.82) is 0 Å². The number of hydrogen-bond donors (Lipinski definition) is 1. The Bertz CT molecular complexity index is 522. The molecule has 0 amide bonds. The Morgan fingerprint density at radius 1 is 1.30 bits per heavy atom. The molecule has 1 N–H and O–H groups in total. The quantitative estimate of drug-likeness (QED) is 0.874. The molecular formula is C19H34N4. The van der Waals surface area contributed by atoms with Gasteiger partial charge in [-0.05, 0) is 64.0 Å². The molecule has 0 spiro atoms. The topological polar surface area (TPSA) is 33.1 Å². The second-order valence-electron chi connectivity index (χ2n) is 8.41. The Hall–Kier alpha value is -0.870. The van der Waals surface area contributed by atoms with Gasteiger partial charge in [-0.1, -0.05) is 13.8 Å². The number of aryl methyl sites for hydroxylation is 1. The molecule has 3 rings (SSSR count). The first-order chi connectivity index (χ1) is 11.0. The van der Waals surface area contributed by atoms with Crippen LogP contribution in [0.3, 0.4) is 0 Å². The first-order valence-corrected chi connectivity index (χ1v) is 9.42. The summed E-state index contributed by atoms with van der Waals surface area (Å²) < 4.78 is 2.32. The molecule has 0 bridgehead atoms. The minimum atomic E-state index is 0.538. The molecule has 0 aromatic carbocycles. The molecule has 4 nitrogen and oxygen atoms in total. The van der Waals surface area contributed by atoms with Crippen LogP contribution in [0.5, 0.6) is 0 Å². The van der Waals surface area contributed by atoms with Crippen molar-refractivity contribution in [2.45, 2.75) is 71.4 Å². The van der Waals surface area contributed by atoms with Crippen LogP contribution >= 0.6 is 0 Å². The highest BCUT2D eigenvalue weighted by atomic mass is 15.3. The third-order valence-electron chi connectivity index (χ3n) is 5.87. The molecule has 0 saturated heterocycles. The number of aromatic nitrogens is 2. The molecule has 1 aliphatic carbocycles. The number of fused-ring (bicyclic) bond motifs is 1. The van der Waals surface area contributed by atoms with E-state index in [-0.39, 0.29) is 0 Å². The lowest BCUT2D eigenvalue weighted by molar-refractivity contribution is 0.222. The van der Waals surface area contributed by atoms with E-state index < -0.39 is 0 Å². The maximum atomic E-state index is 5.00. The predicted molar refractivity (Wildman–Crippen MR) is 95.8 cm³/mol. The maximum Gasteiger partial charge on any atom is 0.0802 e. The van der Waals surface area contributed by atoms with Crippen LogP contribution in [0.25, 0.3) is 0 Å². The smallest absolute Gasteiger partial charge is 0.0802 e. The number of nitrogens with zero attached hydrogens (tertiary/aromatic N) is 3. The second-order valence-corrected chi connectivity index (χ2v) is 8.41. The van der Waals surface area contributed by atoms with E-state index in [1.165, 1.54) is 44.2 Å². The molecule has 0 unspecified atom stereocenters. The van der Waals surface area contributed by atoms with Crippen LogP contribution in [-0.2, 0) is 19.5 Å². The fourth-order valence-electron chi connectivity index (χ4n) is 4.32. The summed E-state index contributed by atoms with van der Waals surface area (Å²) in [6.45, 7) is 9.10. The summed E-state index contributed by atoms with van der Waals surface area (Å²) in [5.74, 6) is 0.748. The van der Waals surface area contributed by atoms with E-state index in [9.17, 15) is 0 Å². The fraction of sp³-hybridized carbons (Fsp3) is 0.842. The average molecular weight is 319 g/mol. The largest absolute Gasteiger partial charge is 0.318 e. The van der Waals surface area contributed by atoms with Gasteiger partial charge in [0.05, 0.1) is 5.69 Å². The first-order valence-electron chi connectivity index (χ1n) is 9.42. The minimum Gasteiger partial charge on any atom is -0.318 e. The van der Waals surface area contributed by atoms with Crippen molar-refractivity contribution in [3.8, 4) is 0 Å².